The van der Waals surface area contributed by atoms with Crippen molar-refractivity contribution in [1.82, 2.24) is 0 Å². The Morgan fingerprint density at radius 2 is 1.41 bits per heavy atom. The summed E-state index contributed by atoms with van der Waals surface area (Å²) in [6.45, 7) is 0. The second-order valence-electron chi connectivity index (χ2n) is 6.83. The smallest absolute Gasteiger partial charge is 0.264 e. The highest BCUT2D eigenvalue weighted by atomic mass is 32.2. The van der Waals surface area contributed by atoms with E-state index in [0.29, 0.717) is 11.3 Å². The average molecular weight is 464 g/mol. The zero-order valence-electron chi connectivity index (χ0n) is 18.1. The van der Waals surface area contributed by atoms with Gasteiger partial charge in [0, 0.05) is 25.1 Å². The molecule has 3 rings (SSSR count). The van der Waals surface area contributed by atoms with Crippen LogP contribution in [0.15, 0.2) is 59.5 Å². The minimum atomic E-state index is -4.09. The Morgan fingerprint density at radius 3 is 2.00 bits per heavy atom. The van der Waals surface area contributed by atoms with Crippen molar-refractivity contribution in [3.05, 3.63) is 77.4 Å². The Labute approximate surface area is 186 Å². The molecule has 0 aliphatic rings. The number of methoxy groups -OCH3 is 3. The van der Waals surface area contributed by atoms with E-state index in [2.05, 4.69) is 0 Å². The maximum absolute atomic E-state index is 14.3. The molecule has 0 radical (unpaired) electrons. The summed E-state index contributed by atoms with van der Waals surface area (Å²) in [6, 6.07) is 12.6. The topological polar surface area (TPSA) is 65.1 Å². The summed E-state index contributed by atoms with van der Waals surface area (Å²) in [5, 5.41) is 0. The Hall–Kier alpha value is -3.33. The zero-order valence-corrected chi connectivity index (χ0v) is 18.9. The first kappa shape index (κ1) is 23.3. The number of halogens is 2. The minimum absolute atomic E-state index is 0.0495. The summed E-state index contributed by atoms with van der Waals surface area (Å²) in [4.78, 5) is -0.0495. The van der Waals surface area contributed by atoms with E-state index in [9.17, 15) is 17.2 Å². The second kappa shape index (κ2) is 9.44. The third-order valence-corrected chi connectivity index (χ3v) is 6.81. The van der Waals surface area contributed by atoms with E-state index in [0.717, 1.165) is 16.4 Å². The standard InChI is InChI=1S/C23H23F2NO5S/c1-26(32(27,28)16-11-12-20(29-2)22(14-16)31-4)23-15(7-5-10-21(23)30-3)13-17-18(24)8-6-9-19(17)25/h5-12,14H,13H2,1-4H3. The van der Waals surface area contributed by atoms with E-state index in [1.165, 1.54) is 52.6 Å². The molecule has 0 N–H and O–H groups in total. The predicted molar refractivity (Wildman–Crippen MR) is 117 cm³/mol. The van der Waals surface area contributed by atoms with Crippen molar-refractivity contribution < 1.29 is 31.4 Å². The number of nitrogens with zero attached hydrogens (tertiary/aromatic N) is 1. The summed E-state index contributed by atoms with van der Waals surface area (Å²) >= 11 is 0. The number of hydrogen-bond acceptors (Lipinski definition) is 5. The minimum Gasteiger partial charge on any atom is -0.495 e. The molecule has 0 saturated carbocycles. The first-order chi connectivity index (χ1) is 15.2. The second-order valence-corrected chi connectivity index (χ2v) is 8.80. The molecule has 3 aromatic carbocycles. The van der Waals surface area contributed by atoms with Gasteiger partial charge in [-0.2, -0.15) is 0 Å². The van der Waals surface area contributed by atoms with E-state index in [1.54, 1.807) is 18.2 Å². The monoisotopic (exact) mass is 463 g/mol. The molecule has 0 bridgehead atoms. The average Bonchev–Trinajstić information content (AvgIpc) is 2.80. The quantitative estimate of drug-likeness (QED) is 0.495. The van der Waals surface area contributed by atoms with Gasteiger partial charge in [0.1, 0.15) is 17.4 Å². The Balaban J connectivity index is 2.12. The van der Waals surface area contributed by atoms with Crippen LogP contribution in [0, 0.1) is 11.6 Å². The molecule has 3 aromatic rings. The van der Waals surface area contributed by atoms with Gasteiger partial charge < -0.3 is 14.2 Å². The van der Waals surface area contributed by atoms with Crippen molar-refractivity contribution in [2.45, 2.75) is 11.3 Å². The molecule has 9 heteroatoms. The van der Waals surface area contributed by atoms with Crippen LogP contribution in [-0.2, 0) is 16.4 Å². The zero-order chi connectivity index (χ0) is 23.5. The maximum atomic E-state index is 14.3. The van der Waals surface area contributed by atoms with Crippen LogP contribution in [0.2, 0.25) is 0 Å². The van der Waals surface area contributed by atoms with E-state index in [4.69, 9.17) is 14.2 Å². The van der Waals surface area contributed by atoms with Crippen LogP contribution in [0.1, 0.15) is 11.1 Å². The molecule has 0 amide bonds. The van der Waals surface area contributed by atoms with Gasteiger partial charge in [-0.3, -0.25) is 4.31 Å². The predicted octanol–water partition coefficient (Wildman–Crippen LogP) is 4.41. The largest absolute Gasteiger partial charge is 0.495 e. The number of anilines is 1. The molecule has 0 spiro atoms. The van der Waals surface area contributed by atoms with Crippen molar-refractivity contribution >= 4 is 15.7 Å². The van der Waals surface area contributed by atoms with Gasteiger partial charge in [0.05, 0.1) is 31.9 Å². The van der Waals surface area contributed by atoms with Crippen LogP contribution in [0.4, 0.5) is 14.5 Å². The number of para-hydroxylation sites is 1. The molecule has 0 saturated heterocycles. The summed E-state index contributed by atoms with van der Waals surface area (Å²) in [5.74, 6) is -0.572. The molecular weight excluding hydrogens is 440 g/mol. The molecule has 0 atom stereocenters. The summed E-state index contributed by atoms with van der Waals surface area (Å²) < 4.78 is 72.2. The molecule has 0 aromatic heterocycles. The van der Waals surface area contributed by atoms with E-state index in [-0.39, 0.29) is 34.1 Å². The first-order valence-electron chi connectivity index (χ1n) is 9.54. The fourth-order valence-corrected chi connectivity index (χ4v) is 4.64. The van der Waals surface area contributed by atoms with Crippen molar-refractivity contribution in [2.75, 3.05) is 32.7 Å². The first-order valence-corrected chi connectivity index (χ1v) is 11.0. The van der Waals surface area contributed by atoms with E-state index >= 15 is 0 Å². The number of ether oxygens (including phenoxy) is 3. The van der Waals surface area contributed by atoms with Crippen LogP contribution in [0.3, 0.4) is 0 Å². The summed E-state index contributed by atoms with van der Waals surface area (Å²) in [5.41, 5.74) is 0.381. The molecule has 0 aliphatic heterocycles. The van der Waals surface area contributed by atoms with Crippen LogP contribution in [0.5, 0.6) is 17.2 Å². The summed E-state index contributed by atoms with van der Waals surface area (Å²) in [6.07, 6.45) is -0.170. The number of benzene rings is 3. The Bertz CT molecular complexity index is 1210. The molecule has 0 fully saturated rings. The number of sulfonamides is 1. The third-order valence-electron chi connectivity index (χ3n) is 5.06. The third kappa shape index (κ3) is 4.34. The van der Waals surface area contributed by atoms with E-state index < -0.39 is 21.7 Å². The van der Waals surface area contributed by atoms with E-state index in [1.807, 2.05) is 0 Å². The van der Waals surface area contributed by atoms with Gasteiger partial charge in [-0.25, -0.2) is 17.2 Å². The van der Waals surface area contributed by atoms with Crippen LogP contribution >= 0.6 is 0 Å². The van der Waals surface area contributed by atoms with Gasteiger partial charge in [-0.05, 0) is 35.9 Å². The van der Waals surface area contributed by atoms with Crippen LogP contribution < -0.4 is 18.5 Å². The van der Waals surface area contributed by atoms with Crippen molar-refractivity contribution in [2.24, 2.45) is 0 Å². The molecule has 0 unspecified atom stereocenters. The van der Waals surface area contributed by atoms with Crippen LogP contribution in [0.25, 0.3) is 0 Å². The normalized spacial score (nSPS) is 11.2. The van der Waals surface area contributed by atoms with Gasteiger partial charge in [0.25, 0.3) is 10.0 Å². The molecule has 170 valence electrons. The Kier molecular flexibility index (Phi) is 6.88. The Morgan fingerprint density at radius 1 is 0.812 bits per heavy atom. The molecule has 0 heterocycles. The van der Waals surface area contributed by atoms with Gasteiger partial charge in [-0.1, -0.05) is 18.2 Å². The fraction of sp³-hybridized carbons (Fsp3) is 0.217. The maximum Gasteiger partial charge on any atom is 0.264 e. The summed E-state index contributed by atoms with van der Waals surface area (Å²) in [7, 11) is 1.50. The SMILES string of the molecule is COc1ccc(S(=O)(=O)N(C)c2c(Cc3c(F)cccc3F)cccc2OC)cc1OC. The lowest BCUT2D eigenvalue weighted by atomic mass is 10.0. The number of rotatable bonds is 8. The highest BCUT2D eigenvalue weighted by Crippen LogP contribution is 2.38. The van der Waals surface area contributed by atoms with Crippen LogP contribution in [-0.4, -0.2) is 36.8 Å². The van der Waals surface area contributed by atoms with Gasteiger partial charge in [0.2, 0.25) is 0 Å². The van der Waals surface area contributed by atoms with Gasteiger partial charge >= 0.3 is 0 Å². The molecule has 6 nitrogen and oxygen atoms in total. The molecule has 0 aliphatic carbocycles. The molecular formula is C23H23F2NO5S. The van der Waals surface area contributed by atoms with Gasteiger partial charge in [0.15, 0.2) is 11.5 Å². The highest BCUT2D eigenvalue weighted by Gasteiger charge is 2.28. The highest BCUT2D eigenvalue weighted by molar-refractivity contribution is 7.92. The van der Waals surface area contributed by atoms with Crippen molar-refractivity contribution in [3.63, 3.8) is 0 Å². The lowest BCUT2D eigenvalue weighted by Gasteiger charge is -2.25. The fourth-order valence-electron chi connectivity index (χ4n) is 3.38. The lowest BCUT2D eigenvalue weighted by molar-refractivity contribution is 0.354. The van der Waals surface area contributed by atoms with Crippen molar-refractivity contribution in [1.29, 1.82) is 0 Å². The van der Waals surface area contributed by atoms with Gasteiger partial charge in [-0.15, -0.1) is 0 Å². The molecule has 32 heavy (non-hydrogen) atoms. The number of hydrogen-bond donors (Lipinski definition) is 0. The lowest BCUT2D eigenvalue weighted by Crippen LogP contribution is -2.28. The van der Waals surface area contributed by atoms with Crippen molar-refractivity contribution in [3.8, 4) is 17.2 Å².